The number of rotatable bonds is 2. The summed E-state index contributed by atoms with van der Waals surface area (Å²) in [6.45, 7) is 5.82. The molecular weight excluding hydrogens is 228 g/mol. The van der Waals surface area contributed by atoms with E-state index in [9.17, 15) is 0 Å². The Morgan fingerprint density at radius 3 is 2.94 bits per heavy atom. The predicted octanol–water partition coefficient (Wildman–Crippen LogP) is 1.88. The van der Waals surface area contributed by atoms with E-state index in [4.69, 9.17) is 0 Å². The van der Waals surface area contributed by atoms with Crippen molar-refractivity contribution in [1.29, 1.82) is 0 Å². The lowest BCUT2D eigenvalue weighted by Gasteiger charge is -2.27. The highest BCUT2D eigenvalue weighted by Gasteiger charge is 2.13. The lowest BCUT2D eigenvalue weighted by Crippen LogP contribution is -2.32. The first-order valence-electron chi connectivity index (χ1n) is 6.53. The van der Waals surface area contributed by atoms with E-state index in [2.05, 4.69) is 40.2 Å². The van der Waals surface area contributed by atoms with Crippen LogP contribution < -0.4 is 5.32 Å². The van der Waals surface area contributed by atoms with Crippen LogP contribution in [0.25, 0.3) is 0 Å². The Morgan fingerprint density at radius 2 is 2.06 bits per heavy atom. The van der Waals surface area contributed by atoms with E-state index >= 15 is 0 Å². The zero-order valence-corrected chi connectivity index (χ0v) is 11.1. The van der Waals surface area contributed by atoms with Gasteiger partial charge in [-0.25, -0.2) is 0 Å². The number of benzene rings is 1. The normalized spacial score (nSPS) is 21.2. The molecule has 0 unspecified atom stereocenters. The summed E-state index contributed by atoms with van der Waals surface area (Å²) >= 11 is 2.08. The van der Waals surface area contributed by atoms with Crippen LogP contribution in [0, 0.1) is 0 Å². The number of thioether (sulfide) groups is 1. The zero-order valence-electron chi connectivity index (χ0n) is 10.2. The van der Waals surface area contributed by atoms with E-state index in [1.54, 1.807) is 5.56 Å². The number of fused-ring (bicyclic) bond motifs is 1. The molecule has 3 rings (SSSR count). The summed E-state index contributed by atoms with van der Waals surface area (Å²) in [4.78, 5) is 2.58. The molecule has 0 spiro atoms. The topological polar surface area (TPSA) is 15.3 Å². The molecule has 0 radical (unpaired) electrons. The monoisotopic (exact) mass is 248 g/mol. The molecule has 1 fully saturated rings. The smallest absolute Gasteiger partial charge is 0.0234 e. The van der Waals surface area contributed by atoms with E-state index in [0.29, 0.717) is 0 Å². The molecule has 2 heterocycles. The first-order chi connectivity index (χ1) is 8.42. The van der Waals surface area contributed by atoms with Crippen LogP contribution in [0.5, 0.6) is 0 Å². The van der Waals surface area contributed by atoms with Gasteiger partial charge in [-0.15, -0.1) is 0 Å². The van der Waals surface area contributed by atoms with Gasteiger partial charge in [0, 0.05) is 37.7 Å². The molecule has 0 aliphatic carbocycles. The first-order valence-corrected chi connectivity index (χ1v) is 7.69. The standard InChI is InChI=1S/C14H20N2S/c1-2-13-3-4-15-10-14(13)9-12(1)11-16-5-7-17-8-6-16/h1-2,9,15H,3-8,10-11H2. The third-order valence-electron chi connectivity index (χ3n) is 3.67. The molecule has 0 bridgehead atoms. The Balaban J connectivity index is 1.70. The molecule has 2 nitrogen and oxygen atoms in total. The van der Waals surface area contributed by atoms with Gasteiger partial charge < -0.3 is 5.32 Å². The van der Waals surface area contributed by atoms with Gasteiger partial charge >= 0.3 is 0 Å². The van der Waals surface area contributed by atoms with Crippen LogP contribution in [0.3, 0.4) is 0 Å². The van der Waals surface area contributed by atoms with Crippen LogP contribution in [-0.4, -0.2) is 36.0 Å². The van der Waals surface area contributed by atoms with Gasteiger partial charge in [0.05, 0.1) is 0 Å². The summed E-state index contributed by atoms with van der Waals surface area (Å²) in [6.07, 6.45) is 1.19. The average molecular weight is 248 g/mol. The van der Waals surface area contributed by atoms with Gasteiger partial charge in [0.15, 0.2) is 0 Å². The highest BCUT2D eigenvalue weighted by Crippen LogP contribution is 2.18. The quantitative estimate of drug-likeness (QED) is 0.860. The molecular formula is C14H20N2S. The van der Waals surface area contributed by atoms with E-state index < -0.39 is 0 Å². The molecule has 92 valence electrons. The minimum Gasteiger partial charge on any atom is -0.312 e. The summed E-state index contributed by atoms with van der Waals surface area (Å²) in [6, 6.07) is 7.07. The van der Waals surface area contributed by atoms with Crippen LogP contribution in [0.15, 0.2) is 18.2 Å². The van der Waals surface area contributed by atoms with Crippen LogP contribution >= 0.6 is 11.8 Å². The second kappa shape index (κ2) is 5.42. The Bertz CT molecular complexity index is 386. The summed E-state index contributed by atoms with van der Waals surface area (Å²) in [5.74, 6) is 2.60. The number of nitrogens with zero attached hydrogens (tertiary/aromatic N) is 1. The molecule has 0 amide bonds. The summed E-state index contributed by atoms with van der Waals surface area (Å²) in [5, 5.41) is 3.45. The highest BCUT2D eigenvalue weighted by atomic mass is 32.2. The summed E-state index contributed by atoms with van der Waals surface area (Å²) in [5.41, 5.74) is 4.54. The lowest BCUT2D eigenvalue weighted by molar-refractivity contribution is 0.294. The lowest BCUT2D eigenvalue weighted by atomic mass is 9.98. The van der Waals surface area contributed by atoms with E-state index in [-0.39, 0.29) is 0 Å². The van der Waals surface area contributed by atoms with Crippen molar-refractivity contribution in [2.45, 2.75) is 19.5 Å². The Hall–Kier alpha value is -0.510. The van der Waals surface area contributed by atoms with Gasteiger partial charge in [-0.2, -0.15) is 11.8 Å². The van der Waals surface area contributed by atoms with Gasteiger partial charge in [0.25, 0.3) is 0 Å². The van der Waals surface area contributed by atoms with Crippen molar-refractivity contribution in [2.75, 3.05) is 31.1 Å². The maximum atomic E-state index is 3.45. The van der Waals surface area contributed by atoms with Crippen molar-refractivity contribution in [3.8, 4) is 0 Å². The van der Waals surface area contributed by atoms with Gasteiger partial charge in [-0.3, -0.25) is 4.90 Å². The van der Waals surface area contributed by atoms with Crippen molar-refractivity contribution in [2.24, 2.45) is 0 Å². The van der Waals surface area contributed by atoms with Gasteiger partial charge in [-0.1, -0.05) is 18.2 Å². The molecule has 1 aromatic carbocycles. The molecule has 0 aromatic heterocycles. The molecule has 1 N–H and O–H groups in total. The predicted molar refractivity (Wildman–Crippen MR) is 74.5 cm³/mol. The summed E-state index contributed by atoms with van der Waals surface area (Å²) < 4.78 is 0. The van der Waals surface area contributed by atoms with Crippen molar-refractivity contribution in [3.05, 3.63) is 34.9 Å². The summed E-state index contributed by atoms with van der Waals surface area (Å²) in [7, 11) is 0. The molecule has 0 saturated carbocycles. The van der Waals surface area contributed by atoms with Gasteiger partial charge in [-0.05, 0) is 29.7 Å². The van der Waals surface area contributed by atoms with E-state index in [1.165, 1.54) is 42.1 Å². The minimum absolute atomic E-state index is 1.05. The fourth-order valence-electron chi connectivity index (χ4n) is 2.65. The molecule has 3 heteroatoms. The Labute approximate surface area is 108 Å². The molecule has 0 atom stereocenters. The van der Waals surface area contributed by atoms with Crippen molar-refractivity contribution < 1.29 is 0 Å². The largest absolute Gasteiger partial charge is 0.312 e. The Morgan fingerprint density at radius 1 is 1.18 bits per heavy atom. The average Bonchev–Trinajstić information content (AvgIpc) is 2.40. The zero-order chi connectivity index (χ0) is 11.5. The highest BCUT2D eigenvalue weighted by molar-refractivity contribution is 7.99. The van der Waals surface area contributed by atoms with Crippen molar-refractivity contribution >= 4 is 11.8 Å². The minimum atomic E-state index is 1.05. The van der Waals surface area contributed by atoms with Crippen LogP contribution in [0.2, 0.25) is 0 Å². The molecule has 2 aliphatic rings. The maximum Gasteiger partial charge on any atom is 0.0234 e. The number of nitrogens with one attached hydrogen (secondary N) is 1. The third kappa shape index (κ3) is 2.84. The molecule has 17 heavy (non-hydrogen) atoms. The third-order valence-corrected chi connectivity index (χ3v) is 4.61. The molecule has 1 saturated heterocycles. The Kier molecular flexibility index (Phi) is 3.69. The fraction of sp³-hybridized carbons (Fsp3) is 0.571. The molecule has 1 aromatic rings. The first kappa shape index (κ1) is 11.6. The van der Waals surface area contributed by atoms with Crippen molar-refractivity contribution in [3.63, 3.8) is 0 Å². The maximum absolute atomic E-state index is 3.45. The van der Waals surface area contributed by atoms with Crippen LogP contribution in [0.1, 0.15) is 16.7 Å². The van der Waals surface area contributed by atoms with Gasteiger partial charge in [0.1, 0.15) is 0 Å². The number of hydrogen-bond acceptors (Lipinski definition) is 3. The second-order valence-corrected chi connectivity index (χ2v) is 6.14. The number of hydrogen-bond donors (Lipinski definition) is 1. The fourth-order valence-corrected chi connectivity index (χ4v) is 3.63. The van der Waals surface area contributed by atoms with Crippen LogP contribution in [0.4, 0.5) is 0 Å². The SMILES string of the molecule is c1cc2c(cc1CN1CCSCC1)CNCC2. The van der Waals surface area contributed by atoms with Crippen LogP contribution in [-0.2, 0) is 19.5 Å². The molecule has 2 aliphatic heterocycles. The van der Waals surface area contributed by atoms with E-state index in [1.807, 2.05) is 0 Å². The van der Waals surface area contributed by atoms with E-state index in [0.717, 1.165) is 19.6 Å². The van der Waals surface area contributed by atoms with Gasteiger partial charge in [0.2, 0.25) is 0 Å². The second-order valence-electron chi connectivity index (χ2n) is 4.92. The van der Waals surface area contributed by atoms with Crippen molar-refractivity contribution in [1.82, 2.24) is 10.2 Å².